The second-order valence-corrected chi connectivity index (χ2v) is 3.41. The van der Waals surface area contributed by atoms with Crippen LogP contribution in [0, 0.1) is 0 Å². The number of hydrogen-bond acceptors (Lipinski definition) is 1. The van der Waals surface area contributed by atoms with Crippen LogP contribution in [0.15, 0.2) is 18.2 Å². The van der Waals surface area contributed by atoms with E-state index in [-0.39, 0.29) is 10.0 Å². The first-order valence-corrected chi connectivity index (χ1v) is 4.17. The molecule has 1 aromatic rings. The zero-order valence-electron chi connectivity index (χ0n) is 6.60. The van der Waals surface area contributed by atoms with Gasteiger partial charge in [0.1, 0.15) is 0 Å². The fourth-order valence-corrected chi connectivity index (χ4v) is 1.38. The zero-order valence-corrected chi connectivity index (χ0v) is 8.11. The van der Waals surface area contributed by atoms with Crippen LogP contribution in [0.1, 0.15) is 5.56 Å². The van der Waals surface area contributed by atoms with Crippen molar-refractivity contribution < 1.29 is 18.7 Å². The van der Waals surface area contributed by atoms with Gasteiger partial charge in [-0.2, -0.15) is 8.78 Å². The van der Waals surface area contributed by atoms with Crippen molar-refractivity contribution in [3.8, 4) is 0 Å². The van der Waals surface area contributed by atoms with Crippen molar-refractivity contribution in [3.63, 3.8) is 0 Å². The molecule has 1 rings (SSSR count). The van der Waals surface area contributed by atoms with Crippen LogP contribution in [0.25, 0.3) is 0 Å². The first-order valence-electron chi connectivity index (χ1n) is 3.42. The van der Waals surface area contributed by atoms with Crippen molar-refractivity contribution >= 4 is 29.2 Å². The van der Waals surface area contributed by atoms with Crippen molar-refractivity contribution in [3.05, 3.63) is 33.8 Å². The molecule has 0 atom stereocenters. The van der Waals surface area contributed by atoms with E-state index in [1.807, 2.05) is 0 Å². The van der Waals surface area contributed by atoms with E-state index in [0.29, 0.717) is 0 Å². The number of carboxylic acids is 1. The van der Waals surface area contributed by atoms with E-state index in [1.165, 1.54) is 6.07 Å². The maximum absolute atomic E-state index is 12.9. The number of benzene rings is 1. The van der Waals surface area contributed by atoms with Gasteiger partial charge in [0.15, 0.2) is 0 Å². The van der Waals surface area contributed by atoms with Gasteiger partial charge in [-0.25, -0.2) is 4.79 Å². The maximum atomic E-state index is 12.9. The lowest BCUT2D eigenvalue weighted by Gasteiger charge is -2.11. The Morgan fingerprint density at radius 2 is 1.64 bits per heavy atom. The average Bonchev–Trinajstić information content (AvgIpc) is 2.01. The molecule has 6 heteroatoms. The predicted molar refractivity (Wildman–Crippen MR) is 48.0 cm³/mol. The highest BCUT2D eigenvalue weighted by Crippen LogP contribution is 2.32. The van der Waals surface area contributed by atoms with Crippen molar-refractivity contribution in [2.45, 2.75) is 5.92 Å². The second kappa shape index (κ2) is 3.71. The van der Waals surface area contributed by atoms with E-state index in [0.717, 1.165) is 12.1 Å². The van der Waals surface area contributed by atoms with Crippen LogP contribution in [-0.4, -0.2) is 11.1 Å². The summed E-state index contributed by atoms with van der Waals surface area (Å²) in [5.74, 6) is -6.22. The summed E-state index contributed by atoms with van der Waals surface area (Å²) in [5, 5.41) is 8.17. The van der Waals surface area contributed by atoms with Crippen LogP contribution in [0.2, 0.25) is 10.0 Å². The highest BCUT2D eigenvalue weighted by Gasteiger charge is 2.41. The highest BCUT2D eigenvalue weighted by molar-refractivity contribution is 6.34. The van der Waals surface area contributed by atoms with E-state index in [4.69, 9.17) is 28.3 Å². The van der Waals surface area contributed by atoms with Crippen LogP contribution in [-0.2, 0) is 10.7 Å². The Balaban J connectivity index is 3.25. The molecule has 1 N–H and O–H groups in total. The Labute approximate surface area is 88.1 Å². The lowest BCUT2D eigenvalue weighted by atomic mass is 10.1. The normalized spacial score (nSPS) is 11.4. The zero-order chi connectivity index (χ0) is 10.9. The molecule has 1 aromatic carbocycles. The van der Waals surface area contributed by atoms with Gasteiger partial charge in [0, 0.05) is 15.6 Å². The smallest absolute Gasteiger partial charge is 0.379 e. The van der Waals surface area contributed by atoms with Crippen LogP contribution >= 0.6 is 23.2 Å². The molecule has 0 spiro atoms. The lowest BCUT2D eigenvalue weighted by molar-refractivity contribution is -0.166. The highest BCUT2D eigenvalue weighted by atomic mass is 35.5. The first-order chi connectivity index (χ1) is 6.34. The molecule has 0 unspecified atom stereocenters. The Kier molecular flexibility index (Phi) is 2.97. The molecule has 0 heterocycles. The molecule has 0 aliphatic carbocycles. The monoisotopic (exact) mass is 240 g/mol. The van der Waals surface area contributed by atoms with Gasteiger partial charge in [0.05, 0.1) is 0 Å². The minimum Gasteiger partial charge on any atom is -0.477 e. The largest absolute Gasteiger partial charge is 0.477 e. The minimum absolute atomic E-state index is 0.0339. The van der Waals surface area contributed by atoms with E-state index >= 15 is 0 Å². The Morgan fingerprint density at radius 1 is 1.21 bits per heavy atom. The van der Waals surface area contributed by atoms with Crippen LogP contribution in [0.5, 0.6) is 0 Å². The molecule has 76 valence electrons. The number of carbonyl (C=O) groups is 1. The quantitative estimate of drug-likeness (QED) is 0.863. The Hall–Kier alpha value is -0.870. The molecule has 0 saturated heterocycles. The lowest BCUT2D eigenvalue weighted by Crippen LogP contribution is -2.25. The molecule has 0 amide bonds. The molecule has 14 heavy (non-hydrogen) atoms. The molecule has 0 bridgehead atoms. The SMILES string of the molecule is O=C(O)C(F)(F)c1cc(Cl)cc(Cl)c1. The second-order valence-electron chi connectivity index (χ2n) is 2.54. The number of hydrogen-bond donors (Lipinski definition) is 1. The van der Waals surface area contributed by atoms with E-state index in [2.05, 4.69) is 0 Å². The van der Waals surface area contributed by atoms with Gasteiger partial charge >= 0.3 is 11.9 Å². The molecule has 0 aliphatic rings. The molecular formula is C8H4Cl2F2O2. The van der Waals surface area contributed by atoms with E-state index in [1.54, 1.807) is 0 Å². The standard InChI is InChI=1S/C8H4Cl2F2O2/c9-5-1-4(2-6(10)3-5)8(11,12)7(13)14/h1-3H,(H,13,14). The molecule has 0 aromatic heterocycles. The van der Waals surface area contributed by atoms with Gasteiger partial charge in [-0.15, -0.1) is 0 Å². The topological polar surface area (TPSA) is 37.3 Å². The fourth-order valence-electron chi connectivity index (χ4n) is 0.859. The summed E-state index contributed by atoms with van der Waals surface area (Å²) < 4.78 is 25.8. The molecule has 0 saturated carbocycles. The summed E-state index contributed by atoms with van der Waals surface area (Å²) in [6.07, 6.45) is 0. The number of carboxylic acid groups (broad SMARTS) is 1. The number of alkyl halides is 2. The molecule has 0 radical (unpaired) electrons. The van der Waals surface area contributed by atoms with E-state index in [9.17, 15) is 13.6 Å². The Bertz CT molecular complexity index is 359. The summed E-state index contributed by atoms with van der Waals surface area (Å²) in [6, 6.07) is 2.97. The van der Waals surface area contributed by atoms with Crippen LogP contribution in [0.4, 0.5) is 8.78 Å². The van der Waals surface area contributed by atoms with Gasteiger partial charge in [-0.1, -0.05) is 23.2 Å². The summed E-state index contributed by atoms with van der Waals surface area (Å²) in [5.41, 5.74) is -0.734. The first kappa shape index (κ1) is 11.2. The molecule has 0 fully saturated rings. The molecule has 0 aliphatic heterocycles. The number of aliphatic carboxylic acids is 1. The Morgan fingerprint density at radius 3 is 2.00 bits per heavy atom. The predicted octanol–water partition coefficient (Wildman–Crippen LogP) is 3.17. The van der Waals surface area contributed by atoms with Gasteiger partial charge in [0.2, 0.25) is 0 Å². The van der Waals surface area contributed by atoms with Gasteiger partial charge in [-0.05, 0) is 18.2 Å². The van der Waals surface area contributed by atoms with Gasteiger partial charge in [0.25, 0.3) is 0 Å². The third-order valence-corrected chi connectivity index (χ3v) is 1.93. The van der Waals surface area contributed by atoms with Crippen molar-refractivity contribution in [1.29, 1.82) is 0 Å². The van der Waals surface area contributed by atoms with Gasteiger partial charge < -0.3 is 5.11 Å². The third-order valence-electron chi connectivity index (χ3n) is 1.49. The number of rotatable bonds is 2. The average molecular weight is 241 g/mol. The summed E-state index contributed by atoms with van der Waals surface area (Å²) in [7, 11) is 0. The molecular weight excluding hydrogens is 237 g/mol. The third kappa shape index (κ3) is 2.13. The van der Waals surface area contributed by atoms with Gasteiger partial charge in [-0.3, -0.25) is 0 Å². The van der Waals surface area contributed by atoms with Crippen LogP contribution < -0.4 is 0 Å². The van der Waals surface area contributed by atoms with Crippen molar-refractivity contribution in [2.24, 2.45) is 0 Å². The summed E-state index contributed by atoms with van der Waals surface area (Å²) in [4.78, 5) is 10.2. The van der Waals surface area contributed by atoms with Crippen LogP contribution in [0.3, 0.4) is 0 Å². The minimum atomic E-state index is -3.98. The maximum Gasteiger partial charge on any atom is 0.379 e. The summed E-state index contributed by atoms with van der Waals surface area (Å²) >= 11 is 10.9. The number of halogens is 4. The fraction of sp³-hybridized carbons (Fsp3) is 0.125. The summed E-state index contributed by atoms with van der Waals surface area (Å²) in [6.45, 7) is 0. The molecule has 2 nitrogen and oxygen atoms in total. The van der Waals surface area contributed by atoms with Crippen molar-refractivity contribution in [2.75, 3.05) is 0 Å². The van der Waals surface area contributed by atoms with Crippen molar-refractivity contribution in [1.82, 2.24) is 0 Å². The van der Waals surface area contributed by atoms with E-state index < -0.39 is 17.5 Å².